The molecule has 0 atom stereocenters. The first-order valence-electron chi connectivity index (χ1n) is 10.4. The molecular weight excluding hydrogens is 411 g/mol. The van der Waals surface area contributed by atoms with E-state index in [9.17, 15) is 14.8 Å². The van der Waals surface area contributed by atoms with Crippen LogP contribution in [-0.4, -0.2) is 33.4 Å². The number of aromatic nitrogens is 3. The fourth-order valence-corrected chi connectivity index (χ4v) is 4.19. The molecule has 5 rings (SSSR count). The van der Waals surface area contributed by atoms with E-state index in [0.717, 1.165) is 32.0 Å². The van der Waals surface area contributed by atoms with Gasteiger partial charge in [-0.15, -0.1) is 0 Å². The molecule has 0 unspecified atom stereocenters. The summed E-state index contributed by atoms with van der Waals surface area (Å²) >= 11 is 0. The average molecular weight is 432 g/mol. The lowest BCUT2D eigenvalue weighted by molar-refractivity contribution is 0.418. The molecule has 0 amide bonds. The Bertz CT molecular complexity index is 1360. The van der Waals surface area contributed by atoms with Crippen molar-refractivity contribution in [2.45, 2.75) is 19.8 Å². The molecule has 0 bridgehead atoms. The van der Waals surface area contributed by atoms with E-state index >= 15 is 0 Å². The summed E-state index contributed by atoms with van der Waals surface area (Å²) in [7, 11) is 0. The molecule has 8 nitrogen and oxygen atoms in total. The number of phenols is 1. The molecule has 0 aliphatic carbocycles. The highest BCUT2D eigenvalue weighted by Crippen LogP contribution is 2.41. The van der Waals surface area contributed by atoms with Gasteiger partial charge >= 0.3 is 0 Å². The number of hydrogen-bond donors (Lipinski definition) is 3. The third-order valence-corrected chi connectivity index (χ3v) is 5.98. The minimum atomic E-state index is -0.703. The van der Waals surface area contributed by atoms with Crippen LogP contribution in [-0.2, 0) is 0 Å². The first kappa shape index (κ1) is 19.9. The van der Waals surface area contributed by atoms with E-state index in [0.29, 0.717) is 28.5 Å². The quantitative estimate of drug-likeness (QED) is 0.437. The lowest BCUT2D eigenvalue weighted by Gasteiger charge is -2.29. The number of pyridine rings is 1. The summed E-state index contributed by atoms with van der Waals surface area (Å²) in [6, 6.07) is 9.49. The van der Waals surface area contributed by atoms with E-state index in [1.54, 1.807) is 6.07 Å². The van der Waals surface area contributed by atoms with Gasteiger partial charge in [-0.2, -0.15) is 10.4 Å². The van der Waals surface area contributed by atoms with Gasteiger partial charge in [-0.05, 0) is 37.0 Å². The Balaban J connectivity index is 1.71. The van der Waals surface area contributed by atoms with Gasteiger partial charge in [-0.1, -0.05) is 6.92 Å². The fraction of sp³-hybridized carbons (Fsp3) is 0.261. The van der Waals surface area contributed by atoms with Crippen LogP contribution in [0.3, 0.4) is 0 Å². The van der Waals surface area contributed by atoms with Gasteiger partial charge in [-0.25, -0.2) is 9.37 Å². The second-order valence-electron chi connectivity index (χ2n) is 8.13. The molecule has 0 saturated carbocycles. The number of phenolic OH excluding ortho intramolecular Hbond substituents is 1. The van der Waals surface area contributed by atoms with Crippen molar-refractivity contribution >= 4 is 22.7 Å². The largest absolute Gasteiger partial charge is 0.508 e. The monoisotopic (exact) mass is 432 g/mol. The number of nitrogens with one attached hydrogen (secondary N) is 1. The Kier molecular flexibility index (Phi) is 4.70. The number of halogens is 1. The first-order valence-corrected chi connectivity index (χ1v) is 10.4. The van der Waals surface area contributed by atoms with Crippen molar-refractivity contribution in [3.05, 3.63) is 41.7 Å². The standard InChI is InChI=1S/C23H21FN6O2/c1-12-6-8-30(9-7-12)18-5-4-17(32-18)19-15(11-25)21(14-3-2-13(31)10-16(14)24)27-23-20(19)22(26)28-29-23/h2-5,10,12,31H,6-9H2,1H3,(H3,26,27,28,29). The van der Waals surface area contributed by atoms with Crippen LogP contribution in [0.4, 0.5) is 16.1 Å². The van der Waals surface area contributed by atoms with E-state index in [2.05, 4.69) is 33.1 Å². The van der Waals surface area contributed by atoms with E-state index in [1.165, 1.54) is 12.1 Å². The number of nitriles is 1. The molecule has 9 heteroatoms. The predicted octanol–water partition coefficient (Wildman–Crippen LogP) is 4.42. The maximum absolute atomic E-state index is 14.7. The van der Waals surface area contributed by atoms with Crippen LogP contribution < -0.4 is 10.6 Å². The molecule has 0 spiro atoms. The minimum Gasteiger partial charge on any atom is -0.508 e. The zero-order chi connectivity index (χ0) is 22.4. The van der Waals surface area contributed by atoms with Crippen molar-refractivity contribution < 1.29 is 13.9 Å². The lowest BCUT2D eigenvalue weighted by Crippen LogP contribution is -2.32. The SMILES string of the molecule is CC1CCN(c2ccc(-c3c(C#N)c(-c4ccc(O)cc4F)nc4n[nH]c(N)c34)o2)CC1. The number of piperidine rings is 1. The number of H-pyrrole nitrogens is 1. The van der Waals surface area contributed by atoms with E-state index < -0.39 is 5.82 Å². The molecule has 4 aromatic rings. The van der Waals surface area contributed by atoms with Gasteiger partial charge in [0.2, 0.25) is 0 Å². The molecule has 1 aliphatic heterocycles. The summed E-state index contributed by atoms with van der Waals surface area (Å²) in [5, 5.41) is 26.9. The Labute approximate surface area is 183 Å². The number of rotatable bonds is 3. The molecule has 32 heavy (non-hydrogen) atoms. The smallest absolute Gasteiger partial charge is 0.196 e. The Morgan fingerprint density at radius 1 is 1.28 bits per heavy atom. The molecule has 1 saturated heterocycles. The van der Waals surface area contributed by atoms with Crippen LogP contribution in [0.1, 0.15) is 25.3 Å². The Morgan fingerprint density at radius 3 is 2.78 bits per heavy atom. The van der Waals surface area contributed by atoms with Gasteiger partial charge in [0.1, 0.15) is 29.2 Å². The van der Waals surface area contributed by atoms with Crippen molar-refractivity contribution in [1.29, 1.82) is 5.26 Å². The van der Waals surface area contributed by atoms with Crippen molar-refractivity contribution in [1.82, 2.24) is 15.2 Å². The molecule has 4 N–H and O–H groups in total. The zero-order valence-electron chi connectivity index (χ0n) is 17.4. The molecule has 4 heterocycles. The number of anilines is 2. The Hall–Kier alpha value is -4.06. The normalized spacial score (nSPS) is 14.7. The number of furan rings is 1. The maximum Gasteiger partial charge on any atom is 0.196 e. The van der Waals surface area contributed by atoms with Crippen molar-refractivity contribution in [3.8, 4) is 34.4 Å². The summed E-state index contributed by atoms with van der Waals surface area (Å²) in [4.78, 5) is 6.57. The predicted molar refractivity (Wildman–Crippen MR) is 118 cm³/mol. The number of nitrogens with zero attached hydrogens (tertiary/aromatic N) is 4. The number of nitrogen functional groups attached to an aromatic ring is 1. The van der Waals surface area contributed by atoms with Gasteiger partial charge in [-0.3, -0.25) is 5.10 Å². The van der Waals surface area contributed by atoms with Gasteiger partial charge in [0.15, 0.2) is 11.5 Å². The number of fused-ring (bicyclic) bond motifs is 1. The minimum absolute atomic E-state index is 0.0702. The molecular formula is C23H21FN6O2. The second-order valence-corrected chi connectivity index (χ2v) is 8.13. The summed E-state index contributed by atoms with van der Waals surface area (Å²) in [6.45, 7) is 4.02. The molecule has 1 aliphatic rings. The second kappa shape index (κ2) is 7.57. The first-order chi connectivity index (χ1) is 15.5. The van der Waals surface area contributed by atoms with Crippen molar-refractivity contribution in [2.24, 2.45) is 5.92 Å². The lowest BCUT2D eigenvalue weighted by atomic mass is 9.97. The molecule has 0 radical (unpaired) electrons. The number of hydrogen-bond acceptors (Lipinski definition) is 7. The zero-order valence-corrected chi connectivity index (χ0v) is 17.4. The summed E-state index contributed by atoms with van der Waals surface area (Å²) in [6.07, 6.45) is 2.16. The van der Waals surface area contributed by atoms with Crippen LogP contribution in [0, 0.1) is 23.1 Å². The average Bonchev–Trinajstić information content (AvgIpc) is 3.40. The summed E-state index contributed by atoms with van der Waals surface area (Å²) in [5.74, 6) is 1.13. The van der Waals surface area contributed by atoms with Crippen LogP contribution in [0.5, 0.6) is 5.75 Å². The topological polar surface area (TPSA) is 128 Å². The number of nitrogens with two attached hydrogens (primary N) is 1. The molecule has 1 fully saturated rings. The van der Waals surface area contributed by atoms with Gasteiger partial charge in [0.05, 0.1) is 22.2 Å². The summed E-state index contributed by atoms with van der Waals surface area (Å²) in [5.41, 5.74) is 7.04. The Morgan fingerprint density at radius 2 is 2.06 bits per heavy atom. The summed E-state index contributed by atoms with van der Waals surface area (Å²) < 4.78 is 20.9. The fourth-order valence-electron chi connectivity index (χ4n) is 4.19. The van der Waals surface area contributed by atoms with Gasteiger partial charge in [0, 0.05) is 30.8 Å². The molecule has 1 aromatic carbocycles. The molecule has 162 valence electrons. The van der Waals surface area contributed by atoms with Gasteiger partial charge in [0.25, 0.3) is 0 Å². The van der Waals surface area contributed by atoms with Crippen LogP contribution >= 0.6 is 0 Å². The van der Waals surface area contributed by atoms with Gasteiger partial charge < -0.3 is 20.2 Å². The number of aromatic amines is 1. The molecule has 3 aromatic heterocycles. The van der Waals surface area contributed by atoms with E-state index in [1.807, 2.05) is 6.07 Å². The van der Waals surface area contributed by atoms with Crippen molar-refractivity contribution in [2.75, 3.05) is 23.7 Å². The van der Waals surface area contributed by atoms with Crippen LogP contribution in [0.25, 0.3) is 33.6 Å². The third kappa shape index (κ3) is 3.21. The number of benzene rings is 1. The third-order valence-electron chi connectivity index (χ3n) is 5.98. The van der Waals surface area contributed by atoms with E-state index in [-0.39, 0.29) is 34.0 Å². The highest BCUT2D eigenvalue weighted by Gasteiger charge is 2.26. The number of aromatic hydroxyl groups is 1. The van der Waals surface area contributed by atoms with Crippen molar-refractivity contribution in [3.63, 3.8) is 0 Å². The van der Waals surface area contributed by atoms with E-state index in [4.69, 9.17) is 10.2 Å². The van der Waals surface area contributed by atoms with Crippen LogP contribution in [0.15, 0.2) is 34.7 Å². The highest BCUT2D eigenvalue weighted by molar-refractivity contribution is 6.03. The highest BCUT2D eigenvalue weighted by atomic mass is 19.1. The van der Waals surface area contributed by atoms with Crippen LogP contribution in [0.2, 0.25) is 0 Å². The maximum atomic E-state index is 14.7.